The zero-order valence-electron chi connectivity index (χ0n) is 11.4. The van der Waals surface area contributed by atoms with Gasteiger partial charge in [-0.2, -0.15) is 4.98 Å². The summed E-state index contributed by atoms with van der Waals surface area (Å²) in [5.74, 6) is 0.976. The molecule has 4 nitrogen and oxygen atoms in total. The van der Waals surface area contributed by atoms with Gasteiger partial charge in [-0.1, -0.05) is 35.4 Å². The molecule has 3 aromatic rings. The van der Waals surface area contributed by atoms with E-state index in [0.29, 0.717) is 11.8 Å². The number of benzene rings is 2. The van der Waals surface area contributed by atoms with Crippen LogP contribution in [0.2, 0.25) is 0 Å². The smallest absolute Gasteiger partial charge is 0.268 e. The SMILES string of the molecule is Cc1ccc(Nc2noc(-c3ccc(C)cc3)n2)cc1. The lowest BCUT2D eigenvalue weighted by atomic mass is 10.1. The van der Waals surface area contributed by atoms with Crippen molar-refractivity contribution >= 4 is 11.6 Å². The Hall–Kier alpha value is -2.62. The number of rotatable bonds is 3. The van der Waals surface area contributed by atoms with E-state index in [2.05, 4.69) is 15.5 Å². The van der Waals surface area contributed by atoms with Crippen LogP contribution in [0.5, 0.6) is 0 Å². The molecule has 0 saturated carbocycles. The molecule has 1 N–H and O–H groups in total. The highest BCUT2D eigenvalue weighted by molar-refractivity contribution is 5.58. The number of hydrogen-bond acceptors (Lipinski definition) is 4. The van der Waals surface area contributed by atoms with Gasteiger partial charge in [0, 0.05) is 11.3 Å². The van der Waals surface area contributed by atoms with Gasteiger partial charge in [-0.25, -0.2) is 0 Å². The second kappa shape index (κ2) is 5.17. The van der Waals surface area contributed by atoms with E-state index < -0.39 is 0 Å². The second-order valence-electron chi connectivity index (χ2n) is 4.78. The van der Waals surface area contributed by atoms with Gasteiger partial charge < -0.3 is 9.84 Å². The number of nitrogens with one attached hydrogen (secondary N) is 1. The van der Waals surface area contributed by atoms with Crippen LogP contribution in [0.4, 0.5) is 11.6 Å². The van der Waals surface area contributed by atoms with E-state index in [1.165, 1.54) is 11.1 Å². The Morgan fingerprint density at radius 1 is 0.850 bits per heavy atom. The van der Waals surface area contributed by atoms with Crippen LogP contribution >= 0.6 is 0 Å². The summed E-state index contributed by atoms with van der Waals surface area (Å²) >= 11 is 0. The summed E-state index contributed by atoms with van der Waals surface area (Å²) in [6, 6.07) is 16.0. The summed E-state index contributed by atoms with van der Waals surface area (Å²) in [6.45, 7) is 4.09. The predicted octanol–water partition coefficient (Wildman–Crippen LogP) is 4.10. The third-order valence-corrected chi connectivity index (χ3v) is 3.03. The summed E-state index contributed by atoms with van der Waals surface area (Å²) in [4.78, 5) is 4.34. The molecular formula is C16H15N3O. The van der Waals surface area contributed by atoms with Gasteiger partial charge >= 0.3 is 0 Å². The standard InChI is InChI=1S/C16H15N3O/c1-11-3-7-13(8-4-11)15-18-16(19-20-15)17-14-9-5-12(2)6-10-14/h3-10H,1-2H3,(H,17,19). The molecule has 0 amide bonds. The normalized spacial score (nSPS) is 10.5. The predicted molar refractivity (Wildman–Crippen MR) is 78.9 cm³/mol. The van der Waals surface area contributed by atoms with Crippen LogP contribution in [0.15, 0.2) is 53.1 Å². The molecule has 2 aromatic carbocycles. The average Bonchev–Trinajstić information content (AvgIpc) is 2.91. The van der Waals surface area contributed by atoms with Crippen LogP contribution < -0.4 is 5.32 Å². The van der Waals surface area contributed by atoms with Crippen molar-refractivity contribution in [1.29, 1.82) is 0 Å². The van der Waals surface area contributed by atoms with E-state index >= 15 is 0 Å². The Morgan fingerprint density at radius 2 is 1.45 bits per heavy atom. The number of aryl methyl sites for hydroxylation is 2. The molecule has 0 aliphatic rings. The second-order valence-corrected chi connectivity index (χ2v) is 4.78. The summed E-state index contributed by atoms with van der Waals surface area (Å²) in [7, 11) is 0. The minimum atomic E-state index is 0.462. The quantitative estimate of drug-likeness (QED) is 0.774. The molecule has 0 atom stereocenters. The fraction of sp³-hybridized carbons (Fsp3) is 0.125. The first-order valence-electron chi connectivity index (χ1n) is 6.45. The van der Waals surface area contributed by atoms with Crippen LogP contribution in [0.3, 0.4) is 0 Å². The minimum absolute atomic E-state index is 0.462. The van der Waals surface area contributed by atoms with Crippen LogP contribution in [0, 0.1) is 13.8 Å². The topological polar surface area (TPSA) is 51.0 Å². The van der Waals surface area contributed by atoms with Gasteiger partial charge in [-0.3, -0.25) is 0 Å². The molecule has 1 heterocycles. The van der Waals surface area contributed by atoms with Gasteiger partial charge in [0.25, 0.3) is 11.8 Å². The maximum Gasteiger partial charge on any atom is 0.268 e. The Kier molecular flexibility index (Phi) is 3.21. The van der Waals surface area contributed by atoms with E-state index in [1.807, 2.05) is 62.4 Å². The zero-order chi connectivity index (χ0) is 13.9. The fourth-order valence-electron chi connectivity index (χ4n) is 1.85. The highest BCUT2D eigenvalue weighted by atomic mass is 16.5. The number of nitrogens with zero attached hydrogens (tertiary/aromatic N) is 2. The molecule has 0 aliphatic heterocycles. The minimum Gasteiger partial charge on any atom is -0.332 e. The monoisotopic (exact) mass is 265 g/mol. The van der Waals surface area contributed by atoms with Crippen molar-refractivity contribution in [3.8, 4) is 11.5 Å². The van der Waals surface area contributed by atoms with Crippen molar-refractivity contribution in [3.63, 3.8) is 0 Å². The van der Waals surface area contributed by atoms with Crippen LogP contribution in [-0.2, 0) is 0 Å². The number of hydrogen-bond donors (Lipinski definition) is 1. The summed E-state index contributed by atoms with van der Waals surface area (Å²) < 4.78 is 5.26. The van der Waals surface area contributed by atoms with E-state index in [9.17, 15) is 0 Å². The molecule has 100 valence electrons. The van der Waals surface area contributed by atoms with Crippen molar-refractivity contribution < 1.29 is 4.52 Å². The van der Waals surface area contributed by atoms with Crippen molar-refractivity contribution in [2.45, 2.75) is 13.8 Å². The Labute approximate surface area is 117 Å². The third kappa shape index (κ3) is 2.69. The van der Waals surface area contributed by atoms with Crippen LogP contribution in [0.25, 0.3) is 11.5 Å². The largest absolute Gasteiger partial charge is 0.332 e. The Bertz CT molecular complexity index is 699. The zero-order valence-corrected chi connectivity index (χ0v) is 11.4. The molecular weight excluding hydrogens is 250 g/mol. The number of anilines is 2. The van der Waals surface area contributed by atoms with Gasteiger partial charge in [0.2, 0.25) is 0 Å². The molecule has 0 spiro atoms. The lowest BCUT2D eigenvalue weighted by molar-refractivity contribution is 0.433. The average molecular weight is 265 g/mol. The van der Waals surface area contributed by atoms with Gasteiger partial charge in [0.15, 0.2) is 0 Å². The molecule has 0 bridgehead atoms. The van der Waals surface area contributed by atoms with E-state index in [4.69, 9.17) is 4.52 Å². The van der Waals surface area contributed by atoms with Gasteiger partial charge in [-0.15, -0.1) is 0 Å². The van der Waals surface area contributed by atoms with Gasteiger partial charge in [-0.05, 0) is 43.3 Å². The summed E-state index contributed by atoms with van der Waals surface area (Å²) in [5.41, 5.74) is 4.27. The van der Waals surface area contributed by atoms with E-state index in [-0.39, 0.29) is 0 Å². The highest BCUT2D eigenvalue weighted by Crippen LogP contribution is 2.21. The molecule has 1 aromatic heterocycles. The lowest BCUT2D eigenvalue weighted by Gasteiger charge is -2.00. The van der Waals surface area contributed by atoms with Crippen molar-refractivity contribution in [2.24, 2.45) is 0 Å². The maximum atomic E-state index is 5.26. The fourth-order valence-corrected chi connectivity index (χ4v) is 1.85. The summed E-state index contributed by atoms with van der Waals surface area (Å²) in [5, 5.41) is 7.05. The van der Waals surface area contributed by atoms with Crippen molar-refractivity contribution in [2.75, 3.05) is 5.32 Å². The van der Waals surface area contributed by atoms with E-state index in [1.54, 1.807) is 0 Å². The molecule has 0 radical (unpaired) electrons. The first-order valence-corrected chi connectivity index (χ1v) is 6.45. The van der Waals surface area contributed by atoms with E-state index in [0.717, 1.165) is 11.3 Å². The first-order chi connectivity index (χ1) is 9.70. The summed E-state index contributed by atoms with van der Waals surface area (Å²) in [6.07, 6.45) is 0. The maximum absolute atomic E-state index is 5.26. The molecule has 3 rings (SSSR count). The van der Waals surface area contributed by atoms with Crippen molar-refractivity contribution in [1.82, 2.24) is 10.1 Å². The molecule has 0 unspecified atom stereocenters. The third-order valence-electron chi connectivity index (χ3n) is 3.03. The lowest BCUT2D eigenvalue weighted by Crippen LogP contribution is -1.92. The van der Waals surface area contributed by atoms with Gasteiger partial charge in [0.05, 0.1) is 0 Å². The molecule has 4 heteroatoms. The molecule has 0 fully saturated rings. The molecule has 20 heavy (non-hydrogen) atoms. The molecule has 0 aliphatic carbocycles. The van der Waals surface area contributed by atoms with Crippen LogP contribution in [0.1, 0.15) is 11.1 Å². The first kappa shape index (κ1) is 12.4. The highest BCUT2D eigenvalue weighted by Gasteiger charge is 2.08. The molecule has 0 saturated heterocycles. The van der Waals surface area contributed by atoms with Gasteiger partial charge in [0.1, 0.15) is 0 Å². The van der Waals surface area contributed by atoms with Crippen LogP contribution in [-0.4, -0.2) is 10.1 Å². The number of aromatic nitrogens is 2. The Balaban J connectivity index is 1.80. The Morgan fingerprint density at radius 3 is 2.10 bits per heavy atom. The van der Waals surface area contributed by atoms with Crippen molar-refractivity contribution in [3.05, 3.63) is 59.7 Å².